The molecular weight excluding hydrogens is 441 g/mol. The molecule has 0 saturated heterocycles. The van der Waals surface area contributed by atoms with Crippen molar-refractivity contribution >= 4 is 29.2 Å². The highest BCUT2D eigenvalue weighted by Crippen LogP contribution is 2.32. The Hall–Kier alpha value is -3.53. The van der Waals surface area contributed by atoms with E-state index in [-0.39, 0.29) is 23.9 Å². The molecule has 34 heavy (non-hydrogen) atoms. The topological polar surface area (TPSA) is 113 Å². The third-order valence-electron chi connectivity index (χ3n) is 5.85. The molecule has 2 heterocycles. The van der Waals surface area contributed by atoms with E-state index >= 15 is 0 Å². The number of methoxy groups -OCH3 is 1. The molecule has 1 aliphatic heterocycles. The monoisotopic (exact) mass is 471 g/mol. The van der Waals surface area contributed by atoms with E-state index in [2.05, 4.69) is 20.9 Å². The van der Waals surface area contributed by atoms with E-state index in [0.29, 0.717) is 17.1 Å². The van der Waals surface area contributed by atoms with Crippen LogP contribution in [0.15, 0.2) is 36.5 Å². The fourth-order valence-corrected chi connectivity index (χ4v) is 3.73. The lowest BCUT2D eigenvalue weighted by Crippen LogP contribution is -2.57. The first-order valence-corrected chi connectivity index (χ1v) is 11.1. The van der Waals surface area contributed by atoms with Gasteiger partial charge in [-0.2, -0.15) is 0 Å². The van der Waals surface area contributed by atoms with Crippen LogP contribution in [0.25, 0.3) is 0 Å². The number of halogens is 1. The van der Waals surface area contributed by atoms with Crippen LogP contribution in [0.4, 0.5) is 15.9 Å². The number of nitrogens with zero attached hydrogens (tertiary/aromatic N) is 2. The Morgan fingerprint density at radius 1 is 1.21 bits per heavy atom. The molecule has 3 rings (SSSR count). The van der Waals surface area contributed by atoms with Crippen LogP contribution in [0.3, 0.4) is 0 Å². The molecule has 0 radical (unpaired) electrons. The molecule has 1 aliphatic rings. The van der Waals surface area contributed by atoms with Gasteiger partial charge in [-0.15, -0.1) is 0 Å². The largest absolute Gasteiger partial charge is 0.497 e. The van der Waals surface area contributed by atoms with Crippen molar-refractivity contribution < 1.29 is 23.5 Å². The molecule has 3 N–H and O–H groups in total. The SMILES string of the molecule is CN[C@@H](C)C(=O)NC(C(=O)N1c2ncccc2CC1C(=O)Nc1ccc(OC)cc1F)C(C)C. The average Bonchev–Trinajstić information content (AvgIpc) is 3.22. The molecule has 2 unspecified atom stereocenters. The van der Waals surface area contributed by atoms with E-state index in [1.807, 2.05) is 13.8 Å². The Labute approximate surface area is 198 Å². The number of hydrogen-bond donors (Lipinski definition) is 3. The quantitative estimate of drug-likeness (QED) is 0.542. The fraction of sp³-hybridized carbons (Fsp3) is 0.417. The first-order valence-electron chi connectivity index (χ1n) is 11.1. The summed E-state index contributed by atoms with van der Waals surface area (Å²) in [6.07, 6.45) is 1.75. The Balaban J connectivity index is 1.91. The highest BCUT2D eigenvalue weighted by Gasteiger charge is 2.43. The number of amides is 3. The van der Waals surface area contributed by atoms with Crippen LogP contribution >= 0.6 is 0 Å². The van der Waals surface area contributed by atoms with Crippen molar-refractivity contribution in [2.24, 2.45) is 5.92 Å². The minimum absolute atomic E-state index is 0.0290. The molecule has 2 aromatic rings. The lowest BCUT2D eigenvalue weighted by molar-refractivity contribution is -0.130. The smallest absolute Gasteiger partial charge is 0.251 e. The third kappa shape index (κ3) is 5.17. The number of benzene rings is 1. The molecule has 0 fully saturated rings. The maximum atomic E-state index is 14.4. The van der Waals surface area contributed by atoms with Gasteiger partial charge in [-0.05, 0) is 43.7 Å². The lowest BCUT2D eigenvalue weighted by Gasteiger charge is -2.31. The highest BCUT2D eigenvalue weighted by atomic mass is 19.1. The number of aromatic nitrogens is 1. The van der Waals surface area contributed by atoms with Crippen molar-refractivity contribution in [2.75, 3.05) is 24.4 Å². The predicted octanol–water partition coefficient (Wildman–Crippen LogP) is 1.87. The van der Waals surface area contributed by atoms with Gasteiger partial charge < -0.3 is 20.7 Å². The summed E-state index contributed by atoms with van der Waals surface area (Å²) in [5.74, 6) is -1.60. The van der Waals surface area contributed by atoms with Crippen molar-refractivity contribution in [3.8, 4) is 5.75 Å². The number of nitrogens with one attached hydrogen (secondary N) is 3. The molecule has 1 aromatic carbocycles. The molecule has 10 heteroatoms. The van der Waals surface area contributed by atoms with E-state index in [1.54, 1.807) is 26.1 Å². The standard InChI is InChI=1S/C24H30FN5O4/c1-13(2)20(29-22(31)14(3)26-4)24(33)30-19(11-15-7-6-10-27-21(15)30)23(32)28-18-9-8-16(34-5)12-17(18)25/h6-10,12-14,19-20,26H,11H2,1-5H3,(H,28,32)(H,29,31)/t14-,19?,20?/m0/s1. The van der Waals surface area contributed by atoms with Gasteiger partial charge in [0, 0.05) is 18.7 Å². The summed E-state index contributed by atoms with van der Waals surface area (Å²) in [5, 5.41) is 8.19. The molecule has 3 amide bonds. The van der Waals surface area contributed by atoms with Gasteiger partial charge in [-0.3, -0.25) is 19.3 Å². The molecule has 0 spiro atoms. The second kappa shape index (κ2) is 10.6. The normalized spacial score (nSPS) is 16.6. The Kier molecular flexibility index (Phi) is 7.83. The molecule has 0 bridgehead atoms. The maximum Gasteiger partial charge on any atom is 0.251 e. The number of ether oxygens (including phenoxy) is 1. The summed E-state index contributed by atoms with van der Waals surface area (Å²) in [5.41, 5.74) is 0.683. The summed E-state index contributed by atoms with van der Waals surface area (Å²) >= 11 is 0. The third-order valence-corrected chi connectivity index (χ3v) is 5.85. The second-order valence-electron chi connectivity index (χ2n) is 8.49. The Morgan fingerprint density at radius 3 is 2.56 bits per heavy atom. The summed E-state index contributed by atoms with van der Waals surface area (Å²) in [6.45, 7) is 5.30. The predicted molar refractivity (Wildman–Crippen MR) is 126 cm³/mol. The molecule has 3 atom stereocenters. The van der Waals surface area contributed by atoms with Gasteiger partial charge in [-0.25, -0.2) is 9.37 Å². The van der Waals surface area contributed by atoms with Crippen LogP contribution in [0.2, 0.25) is 0 Å². The maximum absolute atomic E-state index is 14.4. The molecule has 0 saturated carbocycles. The number of likely N-dealkylation sites (N-methyl/N-ethyl adjacent to an activating group) is 1. The minimum atomic E-state index is -0.959. The van der Waals surface area contributed by atoms with Gasteiger partial charge in [0.1, 0.15) is 29.5 Å². The van der Waals surface area contributed by atoms with Gasteiger partial charge >= 0.3 is 0 Å². The van der Waals surface area contributed by atoms with Crippen LogP contribution in [-0.4, -0.2) is 55.0 Å². The molecule has 0 aliphatic carbocycles. The summed E-state index contributed by atoms with van der Waals surface area (Å²) in [4.78, 5) is 45.1. The van der Waals surface area contributed by atoms with E-state index < -0.39 is 35.8 Å². The van der Waals surface area contributed by atoms with Crippen molar-refractivity contribution in [1.82, 2.24) is 15.6 Å². The Morgan fingerprint density at radius 2 is 1.94 bits per heavy atom. The highest BCUT2D eigenvalue weighted by molar-refractivity contribution is 6.09. The summed E-state index contributed by atoms with van der Waals surface area (Å²) in [6, 6.07) is 5.25. The number of fused-ring (bicyclic) bond motifs is 1. The zero-order chi connectivity index (χ0) is 25.0. The van der Waals surface area contributed by atoms with Crippen LogP contribution in [0.1, 0.15) is 26.3 Å². The van der Waals surface area contributed by atoms with Gasteiger partial charge in [-0.1, -0.05) is 19.9 Å². The van der Waals surface area contributed by atoms with Crippen molar-refractivity contribution in [1.29, 1.82) is 0 Å². The zero-order valence-electron chi connectivity index (χ0n) is 19.9. The fourth-order valence-electron chi connectivity index (χ4n) is 3.73. The van der Waals surface area contributed by atoms with Crippen LogP contribution in [0.5, 0.6) is 5.75 Å². The molecular formula is C24H30FN5O4. The van der Waals surface area contributed by atoms with Crippen LogP contribution in [-0.2, 0) is 20.8 Å². The first kappa shape index (κ1) is 25.1. The summed E-state index contributed by atoms with van der Waals surface area (Å²) < 4.78 is 19.4. The van der Waals surface area contributed by atoms with Crippen molar-refractivity contribution in [2.45, 2.75) is 45.3 Å². The first-order chi connectivity index (χ1) is 16.2. The lowest BCUT2D eigenvalue weighted by atomic mass is 10.0. The van der Waals surface area contributed by atoms with E-state index in [0.717, 1.165) is 6.07 Å². The van der Waals surface area contributed by atoms with Gasteiger partial charge in [0.25, 0.3) is 5.91 Å². The zero-order valence-corrected chi connectivity index (χ0v) is 19.9. The van der Waals surface area contributed by atoms with Gasteiger partial charge in [0.15, 0.2) is 0 Å². The number of rotatable bonds is 8. The number of carbonyl (C=O) groups is 3. The number of anilines is 2. The molecule has 182 valence electrons. The summed E-state index contributed by atoms with van der Waals surface area (Å²) in [7, 11) is 3.07. The van der Waals surface area contributed by atoms with Crippen LogP contribution in [0, 0.1) is 11.7 Å². The molecule has 1 aromatic heterocycles. The average molecular weight is 472 g/mol. The van der Waals surface area contributed by atoms with E-state index in [9.17, 15) is 18.8 Å². The van der Waals surface area contributed by atoms with E-state index in [1.165, 1.54) is 30.3 Å². The number of hydrogen-bond acceptors (Lipinski definition) is 6. The number of carbonyl (C=O) groups excluding carboxylic acids is 3. The minimum Gasteiger partial charge on any atom is -0.497 e. The molecule has 9 nitrogen and oxygen atoms in total. The van der Waals surface area contributed by atoms with Crippen molar-refractivity contribution in [3.63, 3.8) is 0 Å². The number of pyridine rings is 1. The van der Waals surface area contributed by atoms with Crippen molar-refractivity contribution in [3.05, 3.63) is 47.9 Å². The Bertz CT molecular complexity index is 1080. The second-order valence-corrected chi connectivity index (χ2v) is 8.49. The van der Waals surface area contributed by atoms with Crippen LogP contribution < -0.4 is 25.6 Å². The van der Waals surface area contributed by atoms with Gasteiger partial charge in [0.2, 0.25) is 11.8 Å². The van der Waals surface area contributed by atoms with E-state index in [4.69, 9.17) is 4.74 Å². The van der Waals surface area contributed by atoms with Gasteiger partial charge in [0.05, 0.1) is 18.8 Å².